The Hall–Kier alpha value is -2.64. The molecule has 2 saturated carbocycles. The van der Waals surface area contributed by atoms with Crippen LogP contribution in [-0.2, 0) is 20.8 Å². The first kappa shape index (κ1) is 18.7. The second-order valence-corrected chi connectivity index (χ2v) is 7.81. The number of anilines is 1. The molecule has 2 amide bonds. The SMILES string of the molecule is O=C(O)CCC(=O)N(OC(=O)N1c2cc(F)ccc2C[C@H]2CCC[C@H]21)C1CC1. The first-order chi connectivity index (χ1) is 13.4. The van der Waals surface area contributed by atoms with Crippen LogP contribution in [0.3, 0.4) is 0 Å². The molecule has 2 atom stereocenters. The van der Waals surface area contributed by atoms with E-state index in [4.69, 9.17) is 9.94 Å². The Labute approximate surface area is 162 Å². The number of benzene rings is 1. The molecule has 1 aromatic carbocycles. The minimum atomic E-state index is -1.08. The molecule has 0 saturated heterocycles. The average molecular weight is 390 g/mol. The molecule has 0 unspecified atom stereocenters. The number of fused-ring (bicyclic) bond motifs is 2. The molecule has 0 radical (unpaired) electrons. The van der Waals surface area contributed by atoms with Crippen molar-refractivity contribution in [3.8, 4) is 0 Å². The molecule has 4 rings (SSSR count). The fraction of sp³-hybridized carbons (Fsp3) is 0.550. The molecule has 1 heterocycles. The fourth-order valence-electron chi connectivity index (χ4n) is 4.31. The highest BCUT2D eigenvalue weighted by atomic mass is 19.1. The van der Waals surface area contributed by atoms with Gasteiger partial charge < -0.3 is 9.94 Å². The van der Waals surface area contributed by atoms with E-state index in [2.05, 4.69) is 0 Å². The first-order valence-electron chi connectivity index (χ1n) is 9.77. The minimum Gasteiger partial charge on any atom is -0.481 e. The number of carbonyl (C=O) groups excluding carboxylic acids is 2. The van der Waals surface area contributed by atoms with Gasteiger partial charge >= 0.3 is 12.1 Å². The van der Waals surface area contributed by atoms with Gasteiger partial charge in [-0.25, -0.2) is 9.18 Å². The van der Waals surface area contributed by atoms with Crippen LogP contribution in [0, 0.1) is 11.7 Å². The maximum atomic E-state index is 13.9. The van der Waals surface area contributed by atoms with E-state index < -0.39 is 23.8 Å². The second kappa shape index (κ2) is 7.41. The molecule has 150 valence electrons. The number of aliphatic carboxylic acids is 1. The van der Waals surface area contributed by atoms with E-state index in [1.54, 1.807) is 6.07 Å². The minimum absolute atomic E-state index is 0.0722. The number of carboxylic acids is 1. The number of amides is 2. The number of carbonyl (C=O) groups is 3. The van der Waals surface area contributed by atoms with E-state index in [1.807, 2.05) is 0 Å². The normalized spacial score (nSPS) is 23.0. The maximum Gasteiger partial charge on any atom is 0.439 e. The van der Waals surface area contributed by atoms with E-state index in [9.17, 15) is 18.8 Å². The quantitative estimate of drug-likeness (QED) is 0.798. The molecule has 1 aromatic rings. The summed E-state index contributed by atoms with van der Waals surface area (Å²) in [7, 11) is 0. The molecule has 1 N–H and O–H groups in total. The summed E-state index contributed by atoms with van der Waals surface area (Å²) in [5.41, 5.74) is 1.40. The molecular formula is C20H23FN2O5. The van der Waals surface area contributed by atoms with Gasteiger partial charge in [-0.2, -0.15) is 5.06 Å². The van der Waals surface area contributed by atoms with Gasteiger partial charge in [-0.05, 0) is 55.7 Å². The van der Waals surface area contributed by atoms with Crippen molar-refractivity contribution in [2.24, 2.45) is 5.92 Å². The highest BCUT2D eigenvalue weighted by Gasteiger charge is 2.44. The van der Waals surface area contributed by atoms with Gasteiger partial charge in [0.1, 0.15) is 5.82 Å². The van der Waals surface area contributed by atoms with Crippen molar-refractivity contribution in [3.05, 3.63) is 29.6 Å². The van der Waals surface area contributed by atoms with Crippen LogP contribution >= 0.6 is 0 Å². The lowest BCUT2D eigenvalue weighted by molar-refractivity contribution is -0.169. The average Bonchev–Trinajstić information content (AvgIpc) is 3.39. The lowest BCUT2D eigenvalue weighted by atomic mass is 9.88. The molecule has 0 bridgehead atoms. The van der Waals surface area contributed by atoms with Crippen molar-refractivity contribution in [1.82, 2.24) is 5.06 Å². The molecule has 2 aliphatic carbocycles. The summed E-state index contributed by atoms with van der Waals surface area (Å²) in [6.07, 6.45) is 3.78. The number of hydroxylamine groups is 2. The van der Waals surface area contributed by atoms with Crippen LogP contribution in [-0.4, -0.2) is 40.2 Å². The number of halogens is 1. The largest absolute Gasteiger partial charge is 0.481 e. The summed E-state index contributed by atoms with van der Waals surface area (Å²) in [6.45, 7) is 0. The molecule has 0 spiro atoms. The molecular weight excluding hydrogens is 367 g/mol. The van der Waals surface area contributed by atoms with E-state index in [1.165, 1.54) is 17.0 Å². The first-order valence-corrected chi connectivity index (χ1v) is 9.77. The highest BCUT2D eigenvalue weighted by molar-refractivity contribution is 5.91. The summed E-state index contributed by atoms with van der Waals surface area (Å²) in [6, 6.07) is 4.16. The number of carboxylic acid groups (broad SMARTS) is 1. The zero-order valence-corrected chi connectivity index (χ0v) is 15.5. The molecule has 7 nitrogen and oxygen atoms in total. The smallest absolute Gasteiger partial charge is 0.439 e. The van der Waals surface area contributed by atoms with Crippen LogP contribution in [0.4, 0.5) is 14.9 Å². The van der Waals surface area contributed by atoms with E-state index >= 15 is 0 Å². The topological polar surface area (TPSA) is 87.1 Å². The van der Waals surface area contributed by atoms with Crippen molar-refractivity contribution < 1.29 is 28.7 Å². The third-order valence-electron chi connectivity index (χ3n) is 5.79. The van der Waals surface area contributed by atoms with Gasteiger partial charge in [-0.3, -0.25) is 14.5 Å². The molecule has 0 aromatic heterocycles. The third-order valence-corrected chi connectivity index (χ3v) is 5.79. The molecule has 1 aliphatic heterocycles. The lowest BCUT2D eigenvalue weighted by Crippen LogP contribution is -2.49. The standard InChI is InChI=1S/C20H23FN2O5/c21-14-5-4-13-10-12-2-1-3-16(12)22(17(13)11-14)20(27)28-23(15-6-7-15)18(24)8-9-19(25)26/h4-5,11-12,15-16H,1-3,6-10H2,(H,25,26)/t12-,16-/m1/s1. The molecule has 28 heavy (non-hydrogen) atoms. The molecule has 8 heteroatoms. The lowest BCUT2D eigenvalue weighted by Gasteiger charge is -2.39. The van der Waals surface area contributed by atoms with Gasteiger partial charge in [-0.1, -0.05) is 12.5 Å². The van der Waals surface area contributed by atoms with Crippen LogP contribution in [0.1, 0.15) is 50.5 Å². The number of hydrogen-bond acceptors (Lipinski definition) is 4. The van der Waals surface area contributed by atoms with Gasteiger partial charge in [0.2, 0.25) is 0 Å². The Balaban J connectivity index is 1.56. The van der Waals surface area contributed by atoms with E-state index in [-0.39, 0.29) is 24.9 Å². The van der Waals surface area contributed by atoms with Crippen molar-refractivity contribution in [2.45, 2.75) is 63.5 Å². The molecule has 2 fully saturated rings. The summed E-state index contributed by atoms with van der Waals surface area (Å²) >= 11 is 0. The Bertz CT molecular complexity index is 810. The van der Waals surface area contributed by atoms with E-state index in [0.717, 1.165) is 36.3 Å². The van der Waals surface area contributed by atoms with Gasteiger partial charge in [0.15, 0.2) is 0 Å². The maximum absolute atomic E-state index is 13.9. The van der Waals surface area contributed by atoms with Crippen molar-refractivity contribution in [1.29, 1.82) is 0 Å². The summed E-state index contributed by atoms with van der Waals surface area (Å²) < 4.78 is 13.9. The fourth-order valence-corrected chi connectivity index (χ4v) is 4.31. The van der Waals surface area contributed by atoms with Crippen LogP contribution < -0.4 is 4.90 Å². The van der Waals surface area contributed by atoms with Crippen LogP contribution in [0.5, 0.6) is 0 Å². The Morgan fingerprint density at radius 2 is 1.96 bits per heavy atom. The zero-order chi connectivity index (χ0) is 19.8. The van der Waals surface area contributed by atoms with Crippen LogP contribution in [0.15, 0.2) is 18.2 Å². The Morgan fingerprint density at radius 3 is 2.68 bits per heavy atom. The van der Waals surface area contributed by atoms with Crippen LogP contribution in [0.25, 0.3) is 0 Å². The Kier molecular flexibility index (Phi) is 4.95. The van der Waals surface area contributed by atoms with Gasteiger partial charge in [-0.15, -0.1) is 0 Å². The van der Waals surface area contributed by atoms with Crippen LogP contribution in [0.2, 0.25) is 0 Å². The highest BCUT2D eigenvalue weighted by Crippen LogP contribution is 2.43. The van der Waals surface area contributed by atoms with Crippen molar-refractivity contribution in [3.63, 3.8) is 0 Å². The molecule has 3 aliphatic rings. The van der Waals surface area contributed by atoms with Crippen molar-refractivity contribution >= 4 is 23.7 Å². The van der Waals surface area contributed by atoms with E-state index in [0.29, 0.717) is 24.4 Å². The third kappa shape index (κ3) is 3.68. The summed E-state index contributed by atoms with van der Waals surface area (Å²) in [5, 5.41) is 9.83. The monoisotopic (exact) mass is 390 g/mol. The van der Waals surface area contributed by atoms with Gasteiger partial charge in [0.05, 0.1) is 18.2 Å². The van der Waals surface area contributed by atoms with Crippen molar-refractivity contribution in [2.75, 3.05) is 4.90 Å². The predicted octanol–water partition coefficient (Wildman–Crippen LogP) is 3.26. The number of rotatable bonds is 4. The number of nitrogens with zero attached hydrogens (tertiary/aromatic N) is 2. The summed E-state index contributed by atoms with van der Waals surface area (Å²) in [5.74, 6) is -1.73. The number of hydrogen-bond donors (Lipinski definition) is 1. The van der Waals surface area contributed by atoms with Gasteiger partial charge in [0.25, 0.3) is 5.91 Å². The second-order valence-electron chi connectivity index (χ2n) is 7.81. The summed E-state index contributed by atoms with van der Waals surface area (Å²) in [4.78, 5) is 43.2. The van der Waals surface area contributed by atoms with Gasteiger partial charge in [0, 0.05) is 12.5 Å². The predicted molar refractivity (Wildman–Crippen MR) is 96.9 cm³/mol. The Morgan fingerprint density at radius 1 is 1.18 bits per heavy atom. The zero-order valence-electron chi connectivity index (χ0n) is 15.5.